The monoisotopic (exact) mass is 508 g/mol. The van der Waals surface area contributed by atoms with Crippen molar-refractivity contribution in [3.8, 4) is 11.5 Å². The molecule has 1 aliphatic rings. The third-order valence-electron chi connectivity index (χ3n) is 6.01. The molecule has 6 heteroatoms. The van der Waals surface area contributed by atoms with Crippen LogP contribution in [0.25, 0.3) is 0 Å². The molecule has 0 saturated carbocycles. The lowest BCUT2D eigenvalue weighted by Gasteiger charge is -2.28. The molecule has 0 radical (unpaired) electrons. The first-order valence-corrected chi connectivity index (χ1v) is 12.1. The Bertz CT molecular complexity index is 1060. The number of carbonyl (C=O) groups is 1. The van der Waals surface area contributed by atoms with Gasteiger partial charge < -0.3 is 14.8 Å². The molecule has 3 aromatic carbocycles. The van der Waals surface area contributed by atoms with Crippen molar-refractivity contribution in [2.24, 2.45) is 0 Å². The van der Waals surface area contributed by atoms with Gasteiger partial charge >= 0.3 is 0 Å². The molecule has 33 heavy (non-hydrogen) atoms. The second kappa shape index (κ2) is 11.3. The van der Waals surface area contributed by atoms with Crippen LogP contribution in [0.5, 0.6) is 11.5 Å². The largest absolute Gasteiger partial charge is 0.497 e. The molecule has 1 atom stereocenters. The van der Waals surface area contributed by atoms with Gasteiger partial charge in [0.25, 0.3) is 5.91 Å². The minimum absolute atomic E-state index is 0.121. The van der Waals surface area contributed by atoms with Crippen LogP contribution in [0, 0.1) is 0 Å². The maximum Gasteiger partial charge on any atom is 0.255 e. The van der Waals surface area contributed by atoms with Gasteiger partial charge in [-0.05, 0) is 61.8 Å². The van der Waals surface area contributed by atoms with Gasteiger partial charge in [-0.2, -0.15) is 0 Å². The topological polar surface area (TPSA) is 50.8 Å². The zero-order chi connectivity index (χ0) is 23.0. The summed E-state index contributed by atoms with van der Waals surface area (Å²) in [7, 11) is 1.67. The highest BCUT2D eigenvalue weighted by atomic mass is 79.9. The molecule has 1 amide bonds. The minimum atomic E-state index is -0.129. The van der Waals surface area contributed by atoms with Gasteiger partial charge in [0, 0.05) is 16.6 Å². The number of para-hydroxylation sites is 1. The van der Waals surface area contributed by atoms with E-state index in [0.29, 0.717) is 24.5 Å². The molecule has 4 rings (SSSR count). The Balaban J connectivity index is 1.45. The molecule has 1 N–H and O–H groups in total. The predicted molar refractivity (Wildman–Crippen MR) is 134 cm³/mol. The normalized spacial score (nSPS) is 14.6. The Hall–Kier alpha value is -2.83. The van der Waals surface area contributed by atoms with Gasteiger partial charge in [-0.15, -0.1) is 0 Å². The average Bonchev–Trinajstić information content (AvgIpc) is 3.39. The zero-order valence-electron chi connectivity index (χ0n) is 18.8. The number of likely N-dealkylation sites (tertiary alicyclic amines) is 1. The summed E-state index contributed by atoms with van der Waals surface area (Å²) < 4.78 is 12.3. The third-order valence-corrected chi connectivity index (χ3v) is 6.78. The number of benzene rings is 3. The van der Waals surface area contributed by atoms with Crippen molar-refractivity contribution in [2.75, 3.05) is 26.7 Å². The summed E-state index contributed by atoms with van der Waals surface area (Å²) in [6.07, 6.45) is 2.37. The Labute approximate surface area is 203 Å². The fraction of sp³-hybridized carbons (Fsp3) is 0.296. The molecule has 0 unspecified atom stereocenters. The second-order valence-electron chi connectivity index (χ2n) is 8.12. The summed E-state index contributed by atoms with van der Waals surface area (Å²) >= 11 is 3.55. The van der Waals surface area contributed by atoms with Crippen LogP contribution in [0.3, 0.4) is 0 Å². The Morgan fingerprint density at radius 1 is 1.00 bits per heavy atom. The number of hydrogen-bond acceptors (Lipinski definition) is 4. The van der Waals surface area contributed by atoms with Gasteiger partial charge in [0.15, 0.2) is 0 Å². The SMILES string of the molecule is COc1ccc([C@H](CNC(=O)c2ccccc2OCc2ccccc2Br)N2CCCC2)cc1. The van der Waals surface area contributed by atoms with Crippen molar-refractivity contribution in [1.29, 1.82) is 0 Å². The summed E-state index contributed by atoms with van der Waals surface area (Å²) in [5.41, 5.74) is 2.75. The summed E-state index contributed by atoms with van der Waals surface area (Å²) in [6.45, 7) is 2.99. The van der Waals surface area contributed by atoms with Crippen LogP contribution >= 0.6 is 15.9 Å². The number of hydrogen-bond donors (Lipinski definition) is 1. The number of amides is 1. The Morgan fingerprint density at radius 2 is 1.70 bits per heavy atom. The van der Waals surface area contributed by atoms with Crippen molar-refractivity contribution < 1.29 is 14.3 Å². The van der Waals surface area contributed by atoms with Gasteiger partial charge in [-0.3, -0.25) is 9.69 Å². The van der Waals surface area contributed by atoms with E-state index < -0.39 is 0 Å². The van der Waals surface area contributed by atoms with E-state index in [1.54, 1.807) is 7.11 Å². The second-order valence-corrected chi connectivity index (χ2v) is 8.97. The smallest absolute Gasteiger partial charge is 0.255 e. The van der Waals surface area contributed by atoms with E-state index >= 15 is 0 Å². The van der Waals surface area contributed by atoms with E-state index in [0.717, 1.165) is 28.9 Å². The summed E-state index contributed by atoms with van der Waals surface area (Å²) in [5, 5.41) is 3.15. The zero-order valence-corrected chi connectivity index (χ0v) is 20.4. The van der Waals surface area contributed by atoms with Crippen LogP contribution in [0.2, 0.25) is 0 Å². The van der Waals surface area contributed by atoms with Crippen LogP contribution in [-0.2, 0) is 6.61 Å². The van der Waals surface area contributed by atoms with Gasteiger partial charge in [0.2, 0.25) is 0 Å². The fourth-order valence-corrected chi connectivity index (χ4v) is 4.57. The van der Waals surface area contributed by atoms with Crippen LogP contribution in [-0.4, -0.2) is 37.6 Å². The number of nitrogens with zero attached hydrogens (tertiary/aromatic N) is 1. The van der Waals surface area contributed by atoms with E-state index in [9.17, 15) is 4.79 Å². The van der Waals surface area contributed by atoms with E-state index in [1.807, 2.05) is 60.7 Å². The van der Waals surface area contributed by atoms with Gasteiger partial charge in [0.1, 0.15) is 18.1 Å². The maximum atomic E-state index is 13.2. The van der Waals surface area contributed by atoms with Gasteiger partial charge in [0.05, 0.1) is 18.7 Å². The van der Waals surface area contributed by atoms with Crippen molar-refractivity contribution in [1.82, 2.24) is 10.2 Å². The molecule has 0 spiro atoms. The van der Waals surface area contributed by atoms with Gasteiger partial charge in [-0.1, -0.05) is 58.4 Å². The Morgan fingerprint density at radius 3 is 2.42 bits per heavy atom. The molecule has 3 aromatic rings. The van der Waals surface area contributed by atoms with Crippen molar-refractivity contribution >= 4 is 21.8 Å². The number of methoxy groups -OCH3 is 1. The molecule has 1 aliphatic heterocycles. The highest BCUT2D eigenvalue weighted by molar-refractivity contribution is 9.10. The standard InChI is InChI=1S/C27H29BrN2O3/c1-32-22-14-12-20(13-15-22)25(30-16-6-7-17-30)18-29-27(31)23-9-3-5-11-26(23)33-19-21-8-2-4-10-24(21)28/h2-5,8-15,25H,6-7,16-19H2,1H3,(H,29,31)/t25-/m0/s1. The lowest BCUT2D eigenvalue weighted by Crippen LogP contribution is -2.36. The van der Waals surface area contributed by atoms with Crippen LogP contribution in [0.1, 0.15) is 40.4 Å². The molecule has 172 valence electrons. The molecule has 1 saturated heterocycles. The van der Waals surface area contributed by atoms with Crippen molar-refractivity contribution in [3.05, 3.63) is 94.0 Å². The van der Waals surface area contributed by atoms with Crippen molar-refractivity contribution in [2.45, 2.75) is 25.5 Å². The van der Waals surface area contributed by atoms with Crippen LogP contribution in [0.15, 0.2) is 77.3 Å². The number of carbonyl (C=O) groups excluding carboxylic acids is 1. The average molecular weight is 509 g/mol. The van der Waals surface area contributed by atoms with E-state index in [1.165, 1.54) is 18.4 Å². The molecular formula is C27H29BrN2O3. The van der Waals surface area contributed by atoms with Gasteiger partial charge in [-0.25, -0.2) is 0 Å². The maximum absolute atomic E-state index is 13.2. The predicted octanol–water partition coefficient (Wildman–Crippen LogP) is 5.60. The lowest BCUT2D eigenvalue weighted by molar-refractivity contribution is 0.0933. The lowest BCUT2D eigenvalue weighted by atomic mass is 10.0. The minimum Gasteiger partial charge on any atom is -0.497 e. The number of rotatable bonds is 9. The molecule has 1 heterocycles. The molecular weight excluding hydrogens is 480 g/mol. The number of halogens is 1. The number of ether oxygens (including phenoxy) is 2. The molecule has 5 nitrogen and oxygen atoms in total. The summed E-state index contributed by atoms with van der Waals surface area (Å²) in [5.74, 6) is 1.28. The molecule has 0 bridgehead atoms. The molecule has 0 aromatic heterocycles. The van der Waals surface area contributed by atoms with Crippen LogP contribution < -0.4 is 14.8 Å². The molecule has 1 fully saturated rings. The first-order chi connectivity index (χ1) is 16.2. The highest BCUT2D eigenvalue weighted by Crippen LogP contribution is 2.27. The summed E-state index contributed by atoms with van der Waals surface area (Å²) in [4.78, 5) is 15.6. The fourth-order valence-electron chi connectivity index (χ4n) is 4.17. The summed E-state index contributed by atoms with van der Waals surface area (Å²) in [6, 6.07) is 23.6. The van der Waals surface area contributed by atoms with Crippen LogP contribution in [0.4, 0.5) is 0 Å². The first-order valence-electron chi connectivity index (χ1n) is 11.3. The highest BCUT2D eigenvalue weighted by Gasteiger charge is 2.24. The number of nitrogens with one attached hydrogen (secondary N) is 1. The quantitative estimate of drug-likeness (QED) is 0.408. The Kier molecular flexibility index (Phi) is 8.02. The first kappa shape index (κ1) is 23.3. The van der Waals surface area contributed by atoms with Crippen molar-refractivity contribution in [3.63, 3.8) is 0 Å². The van der Waals surface area contributed by atoms with E-state index in [4.69, 9.17) is 9.47 Å². The third kappa shape index (κ3) is 5.95. The van der Waals surface area contributed by atoms with E-state index in [2.05, 4.69) is 38.3 Å². The molecule has 0 aliphatic carbocycles. The van der Waals surface area contributed by atoms with E-state index in [-0.39, 0.29) is 11.9 Å².